The normalized spacial score (nSPS) is 12.4. The van der Waals surface area contributed by atoms with Gasteiger partial charge in [0.1, 0.15) is 0 Å². The molecule has 0 aromatic carbocycles. The molecule has 0 amide bonds. The highest BCUT2D eigenvalue weighted by Crippen LogP contribution is 2.14. The van der Waals surface area contributed by atoms with E-state index in [4.69, 9.17) is 0 Å². The SMILES string of the molecule is CC[B-]([SiH3])(CC)CC. The molecule has 0 bridgehead atoms. The zero-order chi connectivity index (χ0) is 6.62. The van der Waals surface area contributed by atoms with Gasteiger partial charge in [0.25, 0.3) is 0 Å². The molecule has 0 fully saturated rings. The molecule has 50 valence electrons. The van der Waals surface area contributed by atoms with Crippen molar-refractivity contribution in [3.63, 3.8) is 0 Å². The van der Waals surface area contributed by atoms with Crippen LogP contribution >= 0.6 is 0 Å². The fraction of sp³-hybridized carbons (Fsp3) is 1.00. The molecule has 0 radical (unpaired) electrons. The standard InChI is InChI=1S/C6H18BSi/c1-4-7(8,5-2)6-3/h4-6H2,1-3,8H3/q-1. The molecule has 0 atom stereocenters. The third kappa shape index (κ3) is 2.03. The van der Waals surface area contributed by atoms with Crippen LogP contribution in [0.3, 0.4) is 0 Å². The Labute approximate surface area is 56.3 Å². The molecule has 8 heavy (non-hydrogen) atoms. The molecule has 0 spiro atoms. The maximum absolute atomic E-state index is 2.33. The maximum atomic E-state index is 2.33. The first-order valence-corrected chi connectivity index (χ1v) is 5.08. The van der Waals surface area contributed by atoms with Gasteiger partial charge in [-0.05, 0) is 5.74 Å². The first-order chi connectivity index (χ1) is 3.68. The van der Waals surface area contributed by atoms with E-state index < -0.39 is 0 Å². The molecule has 0 aromatic heterocycles. The largest absolute Gasteiger partial charge is 0.183 e. The summed E-state index contributed by atoms with van der Waals surface area (Å²) < 4.78 is 0. The summed E-state index contributed by atoms with van der Waals surface area (Å²) >= 11 is 0. The van der Waals surface area contributed by atoms with E-state index in [-0.39, 0.29) is 5.74 Å². The van der Waals surface area contributed by atoms with Crippen molar-refractivity contribution in [3.05, 3.63) is 0 Å². The Bertz CT molecular complexity index is 51.3. The van der Waals surface area contributed by atoms with E-state index in [1.165, 1.54) is 29.1 Å². The minimum absolute atomic E-state index is 0.181. The fourth-order valence-electron chi connectivity index (χ4n) is 0.866. The molecular formula is C6H18BSi-. The number of hydrogen-bond donors (Lipinski definition) is 0. The van der Waals surface area contributed by atoms with Crippen LogP contribution in [0.15, 0.2) is 0 Å². The predicted octanol–water partition coefficient (Wildman–Crippen LogP) is 1.36. The summed E-state index contributed by atoms with van der Waals surface area (Å²) in [5.74, 6) is 0. The molecule has 0 saturated heterocycles. The minimum Gasteiger partial charge on any atom is -0.183 e. The lowest BCUT2D eigenvalue weighted by Crippen LogP contribution is -2.31. The average molecular weight is 129 g/mol. The molecule has 0 aromatic rings. The second-order valence-electron chi connectivity index (χ2n) is 3.32. The van der Waals surface area contributed by atoms with Crippen LogP contribution in [0.4, 0.5) is 0 Å². The average Bonchev–Trinajstić information content (AvgIpc) is 1.87. The molecule has 0 heterocycles. The van der Waals surface area contributed by atoms with Crippen LogP contribution in [-0.2, 0) is 0 Å². The lowest BCUT2D eigenvalue weighted by atomic mass is 9.41. The van der Waals surface area contributed by atoms with E-state index in [9.17, 15) is 0 Å². The van der Waals surface area contributed by atoms with Crippen molar-refractivity contribution in [2.75, 3.05) is 0 Å². The first kappa shape index (κ1) is 8.28. The first-order valence-electron chi connectivity index (χ1n) is 3.92. The molecule has 0 unspecified atom stereocenters. The number of rotatable bonds is 3. The summed E-state index contributed by atoms with van der Waals surface area (Å²) in [5, 5.41) is 0. The summed E-state index contributed by atoms with van der Waals surface area (Å²) in [6.07, 6.45) is 4.33. The molecule has 0 aliphatic rings. The van der Waals surface area contributed by atoms with Crippen LogP contribution in [0.1, 0.15) is 20.8 Å². The highest BCUT2D eigenvalue weighted by Gasteiger charge is 2.10. The van der Waals surface area contributed by atoms with Crippen LogP contribution in [0.25, 0.3) is 0 Å². The molecule has 0 N–H and O–H groups in total. The van der Waals surface area contributed by atoms with Crippen molar-refractivity contribution < 1.29 is 0 Å². The van der Waals surface area contributed by atoms with Crippen LogP contribution in [0.5, 0.6) is 0 Å². The minimum atomic E-state index is 0.181. The van der Waals surface area contributed by atoms with Crippen LogP contribution in [0, 0.1) is 0 Å². The van der Waals surface area contributed by atoms with Gasteiger partial charge in [-0.2, -0.15) is 19.0 Å². The molecule has 0 aliphatic carbocycles. The maximum Gasteiger partial charge on any atom is -0.00686 e. The Kier molecular flexibility index (Phi) is 3.45. The Morgan fingerprint density at radius 1 is 1.00 bits per heavy atom. The fourth-order valence-corrected chi connectivity index (χ4v) is 0.866. The molecule has 0 rings (SSSR count). The second kappa shape index (κ2) is 3.34. The summed E-state index contributed by atoms with van der Waals surface area (Å²) in [6.45, 7) is 7.00. The summed E-state index contributed by atoms with van der Waals surface area (Å²) in [6, 6.07) is 0. The molecule has 0 aliphatic heterocycles. The zero-order valence-corrected chi connectivity index (χ0v) is 8.70. The highest BCUT2D eigenvalue weighted by atomic mass is 28.1. The quantitative estimate of drug-likeness (QED) is 0.504. The van der Waals surface area contributed by atoms with Gasteiger partial charge in [0.15, 0.2) is 0 Å². The van der Waals surface area contributed by atoms with E-state index >= 15 is 0 Å². The summed E-state index contributed by atoms with van der Waals surface area (Å²) in [7, 11) is 1.43. The predicted molar refractivity (Wildman–Crippen MR) is 47.1 cm³/mol. The smallest absolute Gasteiger partial charge is 0.00686 e. The highest BCUT2D eigenvalue weighted by molar-refractivity contribution is 7.17. The lowest BCUT2D eigenvalue weighted by Gasteiger charge is -2.29. The summed E-state index contributed by atoms with van der Waals surface area (Å²) in [4.78, 5) is 0. The molecule has 0 nitrogen and oxygen atoms in total. The molecule has 0 saturated carbocycles. The summed E-state index contributed by atoms with van der Waals surface area (Å²) in [5.41, 5.74) is 0.181. The Balaban J connectivity index is 3.58. The van der Waals surface area contributed by atoms with Crippen molar-refractivity contribution in [2.45, 2.75) is 39.7 Å². The van der Waals surface area contributed by atoms with Gasteiger partial charge in [-0.3, -0.25) is 0 Å². The van der Waals surface area contributed by atoms with Gasteiger partial charge in [-0.25, -0.2) is 0 Å². The van der Waals surface area contributed by atoms with Gasteiger partial charge in [0.05, 0.1) is 0 Å². The van der Waals surface area contributed by atoms with E-state index in [1.807, 2.05) is 0 Å². The Morgan fingerprint density at radius 3 is 1.25 bits per heavy atom. The van der Waals surface area contributed by atoms with E-state index in [1.54, 1.807) is 0 Å². The van der Waals surface area contributed by atoms with E-state index in [0.717, 1.165) is 0 Å². The molecular weight excluding hydrogens is 111 g/mol. The van der Waals surface area contributed by atoms with E-state index in [0.29, 0.717) is 0 Å². The molecule has 2 heteroatoms. The second-order valence-corrected chi connectivity index (χ2v) is 5.77. The van der Waals surface area contributed by atoms with Gasteiger partial charge >= 0.3 is 0 Å². The number of hydrogen-bond acceptors (Lipinski definition) is 0. The third-order valence-electron chi connectivity index (χ3n) is 2.96. The zero-order valence-electron chi connectivity index (χ0n) is 6.70. The monoisotopic (exact) mass is 129 g/mol. The van der Waals surface area contributed by atoms with Crippen molar-refractivity contribution in [2.24, 2.45) is 0 Å². The van der Waals surface area contributed by atoms with Crippen LogP contribution < -0.4 is 0 Å². The third-order valence-corrected chi connectivity index (χ3v) is 5.41. The van der Waals surface area contributed by atoms with Crippen molar-refractivity contribution in [3.8, 4) is 0 Å². The van der Waals surface area contributed by atoms with Gasteiger partial charge in [0.2, 0.25) is 0 Å². The van der Waals surface area contributed by atoms with Crippen molar-refractivity contribution in [1.82, 2.24) is 0 Å². The van der Waals surface area contributed by atoms with Crippen LogP contribution in [0.2, 0.25) is 19.0 Å². The van der Waals surface area contributed by atoms with Crippen molar-refractivity contribution >= 4 is 15.9 Å². The lowest BCUT2D eigenvalue weighted by molar-refractivity contribution is 1.22. The van der Waals surface area contributed by atoms with Crippen molar-refractivity contribution in [1.29, 1.82) is 0 Å². The van der Waals surface area contributed by atoms with Gasteiger partial charge < -0.3 is 0 Å². The van der Waals surface area contributed by atoms with Crippen LogP contribution in [-0.4, -0.2) is 15.9 Å². The van der Waals surface area contributed by atoms with Gasteiger partial charge in [0, 0.05) is 0 Å². The van der Waals surface area contributed by atoms with E-state index in [2.05, 4.69) is 20.8 Å². The Morgan fingerprint density at radius 2 is 1.25 bits per heavy atom. The van der Waals surface area contributed by atoms with Gasteiger partial charge in [-0.15, -0.1) is 10.1 Å². The topological polar surface area (TPSA) is 0 Å². The van der Waals surface area contributed by atoms with Gasteiger partial charge in [-0.1, -0.05) is 20.8 Å². The Hall–Kier alpha value is 0.282.